The number of urea groups is 1. The summed E-state index contributed by atoms with van der Waals surface area (Å²) in [5.74, 6) is -0.808. The number of hydrogen-bond donors (Lipinski definition) is 4. The van der Waals surface area contributed by atoms with E-state index >= 15 is 0 Å². The van der Waals surface area contributed by atoms with Gasteiger partial charge in [-0.3, -0.25) is 14.9 Å². The van der Waals surface area contributed by atoms with Crippen molar-refractivity contribution in [2.24, 2.45) is 5.73 Å². The van der Waals surface area contributed by atoms with Crippen molar-refractivity contribution >= 4 is 34.4 Å². The highest BCUT2D eigenvalue weighted by atomic mass is 32.1. The Balaban J connectivity index is 1.26. The zero-order chi connectivity index (χ0) is 24.6. The van der Waals surface area contributed by atoms with Crippen LogP contribution in [0, 0.1) is 0 Å². The van der Waals surface area contributed by atoms with Crippen LogP contribution in [0.5, 0.6) is 5.88 Å². The van der Waals surface area contributed by atoms with Gasteiger partial charge in [-0.1, -0.05) is 12.1 Å². The molecule has 4 amide bonds. The number of hydrogen-bond acceptors (Lipinski definition) is 7. The fraction of sp³-hybridized carbons (Fsp3) is 0.500. The molecule has 1 aromatic carbocycles. The van der Waals surface area contributed by atoms with Crippen LogP contribution in [0.4, 0.5) is 9.80 Å². The van der Waals surface area contributed by atoms with Gasteiger partial charge in [0.2, 0.25) is 5.88 Å². The minimum absolute atomic E-state index is 0.0295. The van der Waals surface area contributed by atoms with Gasteiger partial charge >= 0.3 is 6.03 Å². The van der Waals surface area contributed by atoms with Gasteiger partial charge in [-0.15, -0.1) is 0 Å². The Morgan fingerprint density at radius 2 is 1.97 bits per heavy atom. The average molecular weight is 501 g/mol. The molecule has 10 nitrogen and oxygen atoms in total. The molecule has 0 radical (unpaired) electrons. The van der Waals surface area contributed by atoms with E-state index in [9.17, 15) is 14.4 Å². The van der Waals surface area contributed by atoms with Gasteiger partial charge in [-0.2, -0.15) is 4.37 Å². The first-order valence-electron chi connectivity index (χ1n) is 12.1. The Morgan fingerprint density at radius 3 is 2.71 bits per heavy atom. The molecule has 2 heterocycles. The number of nitrogens with one attached hydrogen (secondary N) is 3. The second-order valence-electron chi connectivity index (χ2n) is 8.93. The molecule has 0 unspecified atom stereocenters. The number of rotatable bonds is 12. The van der Waals surface area contributed by atoms with Gasteiger partial charge in [0, 0.05) is 18.2 Å². The molecule has 1 saturated heterocycles. The van der Waals surface area contributed by atoms with Crippen LogP contribution in [0.3, 0.4) is 0 Å². The Hall–Kier alpha value is -3.18. The summed E-state index contributed by atoms with van der Waals surface area (Å²) < 4.78 is 9.88. The molecule has 2 aliphatic rings. The van der Waals surface area contributed by atoms with E-state index in [0.29, 0.717) is 12.1 Å². The van der Waals surface area contributed by atoms with Crippen molar-refractivity contribution < 1.29 is 19.1 Å². The summed E-state index contributed by atoms with van der Waals surface area (Å²) in [5.41, 5.74) is 6.86. The zero-order valence-electron chi connectivity index (χ0n) is 19.7. The molecule has 0 spiro atoms. The fourth-order valence-electron chi connectivity index (χ4n) is 3.94. The SMILES string of the molecule is NC(=O)c1c(OCc2cccc(C(=O)NC3CC3)c2)nsc1NC(=O)NCCCCN1CCCC1. The molecule has 0 bridgehead atoms. The van der Waals surface area contributed by atoms with E-state index in [1.807, 2.05) is 6.07 Å². The number of nitrogens with two attached hydrogens (primary N) is 1. The molecule has 4 rings (SSSR count). The summed E-state index contributed by atoms with van der Waals surface area (Å²) in [6, 6.07) is 6.93. The molecule has 2 fully saturated rings. The summed E-state index contributed by atoms with van der Waals surface area (Å²) >= 11 is 0.932. The molecular formula is C24H32N6O4S. The summed E-state index contributed by atoms with van der Waals surface area (Å²) in [7, 11) is 0. The average Bonchev–Trinajstić information content (AvgIpc) is 3.33. The van der Waals surface area contributed by atoms with E-state index < -0.39 is 11.9 Å². The highest BCUT2D eigenvalue weighted by Gasteiger charge is 2.24. The lowest BCUT2D eigenvalue weighted by Crippen LogP contribution is -2.30. The molecular weight excluding hydrogens is 468 g/mol. The molecule has 11 heteroatoms. The van der Waals surface area contributed by atoms with Crippen molar-refractivity contribution in [3.8, 4) is 5.88 Å². The highest BCUT2D eigenvalue weighted by Crippen LogP contribution is 2.30. The summed E-state index contributed by atoms with van der Waals surface area (Å²) in [6.07, 6.45) is 6.47. The van der Waals surface area contributed by atoms with Gasteiger partial charge in [0.25, 0.3) is 11.8 Å². The van der Waals surface area contributed by atoms with Crippen molar-refractivity contribution in [3.63, 3.8) is 0 Å². The fourth-order valence-corrected chi connectivity index (χ4v) is 4.68. The van der Waals surface area contributed by atoms with Gasteiger partial charge in [-0.05, 0) is 87.4 Å². The van der Waals surface area contributed by atoms with E-state index in [1.165, 1.54) is 25.9 Å². The van der Waals surface area contributed by atoms with Crippen LogP contribution in [-0.4, -0.2) is 59.3 Å². The van der Waals surface area contributed by atoms with Gasteiger partial charge in [0.15, 0.2) is 0 Å². The molecule has 2 aromatic rings. The number of nitrogens with zero attached hydrogens (tertiary/aromatic N) is 2. The highest BCUT2D eigenvalue weighted by molar-refractivity contribution is 7.11. The quantitative estimate of drug-likeness (QED) is 0.331. The zero-order valence-corrected chi connectivity index (χ0v) is 20.5. The van der Waals surface area contributed by atoms with Crippen LogP contribution in [0.2, 0.25) is 0 Å². The van der Waals surface area contributed by atoms with Crippen LogP contribution in [0.15, 0.2) is 24.3 Å². The Bertz CT molecular complexity index is 1050. The third-order valence-corrected chi connectivity index (χ3v) is 6.74. The predicted octanol–water partition coefficient (Wildman–Crippen LogP) is 2.71. The lowest BCUT2D eigenvalue weighted by molar-refractivity contribution is 0.0949. The van der Waals surface area contributed by atoms with Gasteiger partial charge in [0.1, 0.15) is 17.2 Å². The van der Waals surface area contributed by atoms with E-state index in [4.69, 9.17) is 10.5 Å². The van der Waals surface area contributed by atoms with Crippen LogP contribution in [0.1, 0.15) is 64.8 Å². The summed E-state index contributed by atoms with van der Waals surface area (Å²) in [4.78, 5) is 39.1. The van der Waals surface area contributed by atoms with Crippen LogP contribution < -0.4 is 26.4 Å². The number of anilines is 1. The number of aromatic nitrogens is 1. The van der Waals surface area contributed by atoms with Crippen molar-refractivity contribution in [2.45, 2.75) is 51.2 Å². The second-order valence-corrected chi connectivity index (χ2v) is 9.70. The number of carbonyl (C=O) groups excluding carboxylic acids is 3. The Labute approximate surface area is 208 Å². The number of carbonyl (C=O) groups is 3. The maximum Gasteiger partial charge on any atom is 0.319 e. The minimum Gasteiger partial charge on any atom is -0.472 e. The Morgan fingerprint density at radius 1 is 1.17 bits per heavy atom. The van der Waals surface area contributed by atoms with Crippen LogP contribution in [-0.2, 0) is 6.61 Å². The number of unbranched alkanes of at least 4 members (excludes halogenated alkanes) is 1. The molecule has 1 saturated carbocycles. The second kappa shape index (κ2) is 12.0. The monoisotopic (exact) mass is 500 g/mol. The van der Waals surface area contributed by atoms with Crippen LogP contribution in [0.25, 0.3) is 0 Å². The molecule has 5 N–H and O–H groups in total. The topological polar surface area (TPSA) is 139 Å². The van der Waals surface area contributed by atoms with Crippen molar-refractivity contribution in [1.29, 1.82) is 0 Å². The van der Waals surface area contributed by atoms with E-state index in [2.05, 4.69) is 25.2 Å². The number of benzene rings is 1. The molecule has 1 aromatic heterocycles. The first kappa shape index (κ1) is 24.9. The minimum atomic E-state index is -0.743. The predicted molar refractivity (Wildman–Crippen MR) is 134 cm³/mol. The van der Waals surface area contributed by atoms with E-state index in [0.717, 1.165) is 49.3 Å². The Kier molecular flexibility index (Phi) is 8.54. The molecule has 35 heavy (non-hydrogen) atoms. The standard InChI is InChI=1S/C24H32N6O4S/c25-20(31)19-22(34-15-16-6-5-7-17(14-16)21(32)27-18-8-9-18)29-35-23(19)28-24(33)26-10-1-2-11-30-12-3-4-13-30/h5-7,14,18H,1-4,8-13,15H2,(H2,25,31)(H,27,32)(H2,26,28,33). The van der Waals surface area contributed by atoms with Crippen molar-refractivity contribution in [3.05, 3.63) is 41.0 Å². The largest absolute Gasteiger partial charge is 0.472 e. The lowest BCUT2D eigenvalue weighted by Gasteiger charge is -2.14. The molecule has 188 valence electrons. The first-order valence-corrected chi connectivity index (χ1v) is 12.9. The summed E-state index contributed by atoms with van der Waals surface area (Å²) in [5, 5.41) is 8.64. The van der Waals surface area contributed by atoms with Gasteiger partial charge in [0.05, 0.1) is 0 Å². The number of ether oxygens (including phenoxy) is 1. The normalized spacial score (nSPS) is 15.5. The number of amides is 4. The number of primary amides is 1. The molecule has 1 aliphatic carbocycles. The van der Waals surface area contributed by atoms with Crippen LogP contribution >= 0.6 is 11.5 Å². The molecule has 0 atom stereocenters. The lowest BCUT2D eigenvalue weighted by atomic mass is 10.1. The van der Waals surface area contributed by atoms with Crippen molar-refractivity contribution in [2.75, 3.05) is 31.5 Å². The van der Waals surface area contributed by atoms with Crippen molar-refractivity contribution in [1.82, 2.24) is 19.9 Å². The van der Waals surface area contributed by atoms with Gasteiger partial charge < -0.3 is 26.0 Å². The van der Waals surface area contributed by atoms with E-state index in [-0.39, 0.29) is 35.0 Å². The maximum absolute atomic E-state index is 12.3. The maximum atomic E-state index is 12.3. The first-order chi connectivity index (χ1) is 17.0. The smallest absolute Gasteiger partial charge is 0.319 e. The third-order valence-electron chi connectivity index (χ3n) is 6.00. The third kappa shape index (κ3) is 7.40. The summed E-state index contributed by atoms with van der Waals surface area (Å²) in [6.45, 7) is 4.02. The van der Waals surface area contributed by atoms with Gasteiger partial charge in [-0.25, -0.2) is 4.79 Å². The number of likely N-dealkylation sites (tertiary alicyclic amines) is 1. The molecule has 1 aliphatic heterocycles. The van der Waals surface area contributed by atoms with E-state index in [1.54, 1.807) is 18.2 Å².